The molecule has 1 fully saturated rings. The zero-order valence-electron chi connectivity index (χ0n) is 16.6. The number of nitrogens with zero attached hydrogens (tertiary/aromatic N) is 2. The maximum absolute atomic E-state index is 13.2. The van der Waals surface area contributed by atoms with Crippen molar-refractivity contribution in [3.05, 3.63) is 35.6 Å². The third-order valence-electron chi connectivity index (χ3n) is 4.75. The molecule has 1 aromatic rings. The Hall–Kier alpha value is -1.42. The van der Waals surface area contributed by atoms with E-state index in [1.165, 1.54) is 6.07 Å². The summed E-state index contributed by atoms with van der Waals surface area (Å²) in [7, 11) is 0. The molecule has 1 atom stereocenters. The number of hydrogen-bond donors (Lipinski definition) is 3. The molecule has 6 nitrogen and oxygen atoms in total. The van der Waals surface area contributed by atoms with Crippen molar-refractivity contribution >= 4 is 35.8 Å². The summed E-state index contributed by atoms with van der Waals surface area (Å²) in [6.07, 6.45) is 3.61. The molecule has 158 valence electrons. The van der Waals surface area contributed by atoms with Crippen molar-refractivity contribution in [1.29, 1.82) is 0 Å². The third-order valence-corrected chi connectivity index (χ3v) is 4.75. The van der Waals surface area contributed by atoms with Gasteiger partial charge < -0.3 is 21.3 Å². The van der Waals surface area contributed by atoms with E-state index in [4.69, 9.17) is 5.73 Å². The monoisotopic (exact) mass is 505 g/mol. The van der Waals surface area contributed by atoms with Crippen LogP contribution in [0.4, 0.5) is 4.39 Å². The molecular weight excluding hydrogens is 472 g/mol. The minimum Gasteiger partial charge on any atom is -0.369 e. The Morgan fingerprint density at radius 2 is 2.21 bits per heavy atom. The number of hydrogen-bond acceptors (Lipinski definition) is 3. The number of likely N-dealkylation sites (tertiary alicyclic amines) is 1. The standard InChI is InChI=1S/C20H32FN5O.HI/c1-2-23-20(25-11-9-16-6-3-8-18(21)14-16)24-10-5-13-26-12-4-7-17(15-26)19(22)27;/h3,6,8,14,17H,2,4-5,7,9-13,15H2,1H3,(H2,22,27)(H2,23,24,25);1H. The molecule has 8 heteroatoms. The van der Waals surface area contributed by atoms with Crippen molar-refractivity contribution in [2.75, 3.05) is 39.3 Å². The van der Waals surface area contributed by atoms with E-state index in [9.17, 15) is 9.18 Å². The zero-order chi connectivity index (χ0) is 19.5. The van der Waals surface area contributed by atoms with Crippen LogP contribution in [0.2, 0.25) is 0 Å². The van der Waals surface area contributed by atoms with Crippen LogP contribution in [-0.4, -0.2) is 56.0 Å². The summed E-state index contributed by atoms with van der Waals surface area (Å²) in [5.74, 6) is 0.380. The summed E-state index contributed by atoms with van der Waals surface area (Å²) in [4.78, 5) is 18.3. The molecule has 0 radical (unpaired) electrons. The first-order valence-electron chi connectivity index (χ1n) is 9.86. The maximum Gasteiger partial charge on any atom is 0.221 e. The van der Waals surface area contributed by atoms with Crippen molar-refractivity contribution in [3.63, 3.8) is 0 Å². The summed E-state index contributed by atoms with van der Waals surface area (Å²) < 4.78 is 13.2. The fourth-order valence-corrected chi connectivity index (χ4v) is 3.34. The van der Waals surface area contributed by atoms with E-state index >= 15 is 0 Å². The summed E-state index contributed by atoms with van der Waals surface area (Å²) >= 11 is 0. The van der Waals surface area contributed by atoms with E-state index < -0.39 is 0 Å². The highest BCUT2D eigenvalue weighted by Crippen LogP contribution is 2.15. The number of primary amides is 1. The van der Waals surface area contributed by atoms with Crippen LogP contribution in [0.5, 0.6) is 0 Å². The molecule has 1 aliphatic rings. The lowest BCUT2D eigenvalue weighted by molar-refractivity contribution is -0.123. The van der Waals surface area contributed by atoms with E-state index in [1.807, 2.05) is 13.0 Å². The zero-order valence-corrected chi connectivity index (χ0v) is 19.0. The largest absolute Gasteiger partial charge is 0.369 e. The molecule has 1 saturated heterocycles. The number of carbonyl (C=O) groups excluding carboxylic acids is 1. The third kappa shape index (κ3) is 9.18. The van der Waals surface area contributed by atoms with Gasteiger partial charge in [-0.25, -0.2) is 4.39 Å². The molecule has 28 heavy (non-hydrogen) atoms. The average Bonchev–Trinajstić information content (AvgIpc) is 2.65. The normalized spacial score (nSPS) is 17.6. The van der Waals surface area contributed by atoms with Crippen LogP contribution < -0.4 is 16.4 Å². The molecule has 1 amide bonds. The summed E-state index contributed by atoms with van der Waals surface area (Å²) in [6.45, 7) is 6.95. The van der Waals surface area contributed by atoms with Gasteiger partial charge >= 0.3 is 0 Å². The number of rotatable bonds is 9. The topological polar surface area (TPSA) is 82.8 Å². The molecule has 1 aromatic carbocycles. The number of amides is 1. The van der Waals surface area contributed by atoms with E-state index in [2.05, 4.69) is 20.5 Å². The Morgan fingerprint density at radius 3 is 2.93 bits per heavy atom. The first-order valence-corrected chi connectivity index (χ1v) is 9.86. The van der Waals surface area contributed by atoms with E-state index in [1.54, 1.807) is 12.1 Å². The van der Waals surface area contributed by atoms with Gasteiger partial charge in [0.2, 0.25) is 5.91 Å². The minimum atomic E-state index is -0.204. The predicted octanol–water partition coefficient (Wildman–Crippen LogP) is 2.13. The first-order chi connectivity index (χ1) is 13.1. The number of nitrogens with two attached hydrogens (primary N) is 1. The van der Waals surface area contributed by atoms with Gasteiger partial charge in [-0.1, -0.05) is 12.1 Å². The summed E-state index contributed by atoms with van der Waals surface area (Å²) in [5, 5.41) is 6.52. The lowest BCUT2D eigenvalue weighted by Gasteiger charge is -2.30. The van der Waals surface area contributed by atoms with Gasteiger partial charge in [-0.3, -0.25) is 9.79 Å². The van der Waals surface area contributed by atoms with E-state index in [-0.39, 0.29) is 41.6 Å². The molecule has 0 aliphatic carbocycles. The molecule has 0 aromatic heterocycles. The molecule has 0 bridgehead atoms. The summed E-state index contributed by atoms with van der Waals surface area (Å²) in [5.41, 5.74) is 6.39. The molecular formula is C20H33FIN5O. The number of nitrogens with one attached hydrogen (secondary N) is 2. The second kappa shape index (κ2) is 13.7. The number of benzene rings is 1. The molecule has 1 unspecified atom stereocenters. The first kappa shape index (κ1) is 24.6. The van der Waals surface area contributed by atoms with Gasteiger partial charge in [0, 0.05) is 26.2 Å². The number of carbonyl (C=O) groups is 1. The molecule has 2 rings (SSSR count). The fraction of sp³-hybridized carbons (Fsp3) is 0.600. The van der Waals surface area contributed by atoms with Crippen molar-refractivity contribution in [3.8, 4) is 0 Å². The van der Waals surface area contributed by atoms with Gasteiger partial charge in [0.15, 0.2) is 5.96 Å². The fourth-order valence-electron chi connectivity index (χ4n) is 3.34. The lowest BCUT2D eigenvalue weighted by Crippen LogP contribution is -2.41. The summed E-state index contributed by atoms with van der Waals surface area (Å²) in [6, 6.07) is 6.67. The second-order valence-corrected chi connectivity index (χ2v) is 6.96. The Kier molecular flexibility index (Phi) is 12.1. The highest BCUT2D eigenvalue weighted by Gasteiger charge is 2.23. The minimum absolute atomic E-state index is 0. The molecule has 4 N–H and O–H groups in total. The van der Waals surface area contributed by atoms with Gasteiger partial charge in [-0.2, -0.15) is 0 Å². The Bertz CT molecular complexity index is 628. The van der Waals surface area contributed by atoms with E-state index in [0.717, 1.165) is 63.4 Å². The Balaban J connectivity index is 0.00000392. The van der Waals surface area contributed by atoms with Crippen LogP contribution in [0.1, 0.15) is 31.7 Å². The maximum atomic E-state index is 13.2. The Morgan fingerprint density at radius 1 is 1.39 bits per heavy atom. The van der Waals surface area contributed by atoms with Crippen LogP contribution in [0.25, 0.3) is 0 Å². The van der Waals surface area contributed by atoms with Gasteiger partial charge in [-0.05, 0) is 63.4 Å². The highest BCUT2D eigenvalue weighted by molar-refractivity contribution is 14.0. The van der Waals surface area contributed by atoms with Crippen molar-refractivity contribution < 1.29 is 9.18 Å². The second-order valence-electron chi connectivity index (χ2n) is 6.96. The molecule has 1 heterocycles. The SMILES string of the molecule is CCNC(=NCCCN1CCCC(C(N)=O)C1)NCCc1cccc(F)c1.I. The van der Waals surface area contributed by atoms with Gasteiger partial charge in [0.05, 0.1) is 5.92 Å². The quantitative estimate of drug-likeness (QED) is 0.208. The van der Waals surface area contributed by atoms with Gasteiger partial charge in [-0.15, -0.1) is 24.0 Å². The number of piperidine rings is 1. The van der Waals surface area contributed by atoms with Crippen LogP contribution >= 0.6 is 24.0 Å². The van der Waals surface area contributed by atoms with Crippen LogP contribution in [0, 0.1) is 11.7 Å². The highest BCUT2D eigenvalue weighted by atomic mass is 127. The smallest absolute Gasteiger partial charge is 0.221 e. The Labute approximate surface area is 184 Å². The van der Waals surface area contributed by atoms with Crippen LogP contribution in [0.15, 0.2) is 29.3 Å². The van der Waals surface area contributed by atoms with Crippen LogP contribution in [0.3, 0.4) is 0 Å². The van der Waals surface area contributed by atoms with Crippen molar-refractivity contribution in [1.82, 2.24) is 15.5 Å². The average molecular weight is 505 g/mol. The molecule has 0 spiro atoms. The van der Waals surface area contributed by atoms with Crippen LogP contribution in [-0.2, 0) is 11.2 Å². The number of halogens is 2. The van der Waals surface area contributed by atoms with Gasteiger partial charge in [0.25, 0.3) is 0 Å². The molecule has 0 saturated carbocycles. The lowest BCUT2D eigenvalue weighted by atomic mass is 9.97. The van der Waals surface area contributed by atoms with Gasteiger partial charge in [0.1, 0.15) is 5.82 Å². The van der Waals surface area contributed by atoms with Crippen molar-refractivity contribution in [2.24, 2.45) is 16.6 Å². The number of guanidine groups is 1. The van der Waals surface area contributed by atoms with Crippen molar-refractivity contribution in [2.45, 2.75) is 32.6 Å². The van der Waals surface area contributed by atoms with E-state index in [0.29, 0.717) is 13.1 Å². The molecule has 1 aliphatic heterocycles. The number of aliphatic imine (C=N–C) groups is 1. The predicted molar refractivity (Wildman–Crippen MR) is 122 cm³/mol.